The number of carbonyl (C=O) groups excluding carboxylic acids is 1. The number of hydrogen-bond donors (Lipinski definition) is 1. The third kappa shape index (κ3) is 3.72. The number of carbonyl (C=O) groups is 1. The quantitative estimate of drug-likeness (QED) is 0.884. The van der Waals surface area contributed by atoms with Crippen LogP contribution in [0.15, 0.2) is 24.3 Å². The Morgan fingerprint density at radius 3 is 3.16 bits per heavy atom. The Labute approximate surface area is 114 Å². The van der Waals surface area contributed by atoms with E-state index in [1.54, 1.807) is 4.90 Å². The third-order valence-corrected chi connectivity index (χ3v) is 3.42. The molecule has 4 heteroatoms. The average molecular weight is 257 g/mol. The second-order valence-electron chi connectivity index (χ2n) is 5.06. The number of nitrogens with one attached hydrogen (secondary N) is 1. The maximum absolute atomic E-state index is 12.0. The number of urea groups is 1. The highest BCUT2D eigenvalue weighted by Crippen LogP contribution is 2.15. The summed E-state index contributed by atoms with van der Waals surface area (Å²) in [7, 11) is 0. The zero-order chi connectivity index (χ0) is 13.7. The Balaban J connectivity index is 1.86. The highest BCUT2D eigenvalue weighted by Gasteiger charge is 2.22. The van der Waals surface area contributed by atoms with Gasteiger partial charge in [0, 0.05) is 19.6 Å². The molecule has 0 aromatic heterocycles. The normalized spacial score (nSPS) is 18.7. The molecule has 2 amide bonds. The molecule has 4 nitrogen and oxygen atoms in total. The number of aryl methyl sites for hydroxylation is 1. The van der Waals surface area contributed by atoms with Crippen LogP contribution in [-0.4, -0.2) is 24.0 Å². The zero-order valence-corrected chi connectivity index (χ0v) is 11.2. The van der Waals surface area contributed by atoms with Crippen molar-refractivity contribution in [3.05, 3.63) is 35.4 Å². The SMILES string of the molecule is Cc1cccc(CNC(=O)N2CCC[C@@H](C#N)C2)c1. The summed E-state index contributed by atoms with van der Waals surface area (Å²) in [5.74, 6) is -0.0153. The minimum absolute atomic E-state index is 0.0153. The molecule has 1 aliphatic rings. The maximum atomic E-state index is 12.0. The molecule has 0 aliphatic carbocycles. The molecule has 1 N–H and O–H groups in total. The Hall–Kier alpha value is -2.02. The fourth-order valence-corrected chi connectivity index (χ4v) is 2.38. The van der Waals surface area contributed by atoms with Crippen LogP contribution in [0.25, 0.3) is 0 Å². The minimum Gasteiger partial charge on any atom is -0.334 e. The Morgan fingerprint density at radius 2 is 2.42 bits per heavy atom. The zero-order valence-electron chi connectivity index (χ0n) is 11.2. The maximum Gasteiger partial charge on any atom is 0.317 e. The molecule has 1 saturated heterocycles. The molecule has 1 aromatic carbocycles. The van der Waals surface area contributed by atoms with Crippen LogP contribution in [-0.2, 0) is 6.54 Å². The predicted octanol–water partition coefficient (Wildman–Crippen LogP) is 2.44. The Bertz CT molecular complexity index is 492. The van der Waals surface area contributed by atoms with Crippen LogP contribution in [0.1, 0.15) is 24.0 Å². The van der Waals surface area contributed by atoms with Gasteiger partial charge < -0.3 is 10.2 Å². The van der Waals surface area contributed by atoms with Crippen LogP contribution >= 0.6 is 0 Å². The molecule has 1 aliphatic heterocycles. The van der Waals surface area contributed by atoms with Crippen molar-refractivity contribution in [2.75, 3.05) is 13.1 Å². The average Bonchev–Trinajstić information content (AvgIpc) is 2.45. The van der Waals surface area contributed by atoms with E-state index >= 15 is 0 Å². The van der Waals surface area contributed by atoms with Crippen LogP contribution < -0.4 is 5.32 Å². The highest BCUT2D eigenvalue weighted by molar-refractivity contribution is 5.74. The van der Waals surface area contributed by atoms with Crippen molar-refractivity contribution in [2.24, 2.45) is 5.92 Å². The number of nitrogens with zero attached hydrogens (tertiary/aromatic N) is 2. The molecule has 1 aromatic rings. The molecule has 1 atom stereocenters. The second kappa shape index (κ2) is 6.24. The molecule has 2 rings (SSSR count). The lowest BCUT2D eigenvalue weighted by Crippen LogP contribution is -2.45. The van der Waals surface area contributed by atoms with Gasteiger partial charge in [-0.2, -0.15) is 5.26 Å². The Morgan fingerprint density at radius 1 is 1.58 bits per heavy atom. The topological polar surface area (TPSA) is 56.1 Å². The van der Waals surface area contributed by atoms with Gasteiger partial charge in [0.05, 0.1) is 12.0 Å². The first kappa shape index (κ1) is 13.4. The highest BCUT2D eigenvalue weighted by atomic mass is 16.2. The van der Waals surface area contributed by atoms with Crippen LogP contribution in [0.5, 0.6) is 0 Å². The van der Waals surface area contributed by atoms with Crippen LogP contribution in [0, 0.1) is 24.2 Å². The number of likely N-dealkylation sites (tertiary alicyclic amines) is 1. The van der Waals surface area contributed by atoms with E-state index in [-0.39, 0.29) is 11.9 Å². The molecular weight excluding hydrogens is 238 g/mol. The summed E-state index contributed by atoms with van der Waals surface area (Å²) in [6.45, 7) is 3.87. The number of hydrogen-bond acceptors (Lipinski definition) is 2. The van der Waals surface area contributed by atoms with E-state index in [0.717, 1.165) is 24.9 Å². The fraction of sp³-hybridized carbons (Fsp3) is 0.467. The first-order valence-corrected chi connectivity index (χ1v) is 6.67. The Kier molecular flexibility index (Phi) is 4.40. The third-order valence-electron chi connectivity index (χ3n) is 3.42. The molecule has 0 radical (unpaired) electrons. The van der Waals surface area contributed by atoms with Crippen molar-refractivity contribution in [3.63, 3.8) is 0 Å². The summed E-state index contributed by atoms with van der Waals surface area (Å²) in [6, 6.07) is 10.3. The standard InChI is InChI=1S/C15H19N3O/c1-12-4-2-5-13(8-12)10-17-15(19)18-7-3-6-14(9-16)11-18/h2,4-5,8,14H,3,6-7,10-11H2,1H3,(H,17,19)/t14-/m0/s1. The van der Waals surface area contributed by atoms with Gasteiger partial charge in [-0.05, 0) is 25.3 Å². The number of rotatable bonds is 2. The van der Waals surface area contributed by atoms with E-state index in [4.69, 9.17) is 5.26 Å². The fourth-order valence-electron chi connectivity index (χ4n) is 2.38. The number of amides is 2. The molecule has 0 bridgehead atoms. The van der Waals surface area contributed by atoms with Crippen molar-refractivity contribution in [1.29, 1.82) is 5.26 Å². The largest absolute Gasteiger partial charge is 0.334 e. The second-order valence-corrected chi connectivity index (χ2v) is 5.06. The summed E-state index contributed by atoms with van der Waals surface area (Å²) in [5.41, 5.74) is 2.29. The summed E-state index contributed by atoms with van der Waals surface area (Å²) < 4.78 is 0. The smallest absolute Gasteiger partial charge is 0.317 e. The van der Waals surface area contributed by atoms with E-state index in [9.17, 15) is 4.79 Å². The molecule has 100 valence electrons. The van der Waals surface area contributed by atoms with Crippen LogP contribution in [0.4, 0.5) is 4.79 Å². The van der Waals surface area contributed by atoms with Gasteiger partial charge >= 0.3 is 6.03 Å². The van der Waals surface area contributed by atoms with E-state index in [1.165, 1.54) is 5.56 Å². The van der Waals surface area contributed by atoms with Gasteiger partial charge in [0.2, 0.25) is 0 Å². The van der Waals surface area contributed by atoms with E-state index in [1.807, 2.05) is 25.1 Å². The molecule has 0 unspecified atom stereocenters. The van der Waals surface area contributed by atoms with Crippen molar-refractivity contribution in [2.45, 2.75) is 26.3 Å². The molecule has 0 spiro atoms. The summed E-state index contributed by atoms with van der Waals surface area (Å²) in [6.07, 6.45) is 1.81. The molecule has 1 heterocycles. The summed E-state index contributed by atoms with van der Waals surface area (Å²) in [5, 5.41) is 11.8. The van der Waals surface area contributed by atoms with Crippen molar-refractivity contribution in [1.82, 2.24) is 10.2 Å². The van der Waals surface area contributed by atoms with Gasteiger partial charge in [-0.25, -0.2) is 4.79 Å². The van der Waals surface area contributed by atoms with Crippen molar-refractivity contribution in [3.8, 4) is 6.07 Å². The summed E-state index contributed by atoms with van der Waals surface area (Å²) >= 11 is 0. The van der Waals surface area contributed by atoms with Gasteiger partial charge in [0.15, 0.2) is 0 Å². The van der Waals surface area contributed by atoms with Crippen LogP contribution in [0.3, 0.4) is 0 Å². The predicted molar refractivity (Wildman–Crippen MR) is 73.3 cm³/mol. The minimum atomic E-state index is -0.0681. The lowest BCUT2D eigenvalue weighted by Gasteiger charge is -2.29. The van der Waals surface area contributed by atoms with E-state index in [0.29, 0.717) is 13.1 Å². The van der Waals surface area contributed by atoms with E-state index < -0.39 is 0 Å². The summed E-state index contributed by atoms with van der Waals surface area (Å²) in [4.78, 5) is 13.8. The van der Waals surface area contributed by atoms with Gasteiger partial charge in [0.1, 0.15) is 0 Å². The molecule has 0 saturated carbocycles. The number of benzene rings is 1. The molecule has 19 heavy (non-hydrogen) atoms. The van der Waals surface area contributed by atoms with Gasteiger partial charge in [-0.15, -0.1) is 0 Å². The number of nitriles is 1. The lowest BCUT2D eigenvalue weighted by atomic mass is 10.0. The van der Waals surface area contributed by atoms with Crippen LogP contribution in [0.2, 0.25) is 0 Å². The van der Waals surface area contributed by atoms with Gasteiger partial charge in [0.25, 0.3) is 0 Å². The first-order valence-electron chi connectivity index (χ1n) is 6.67. The first-order chi connectivity index (χ1) is 9.19. The monoisotopic (exact) mass is 257 g/mol. The molecular formula is C15H19N3O. The van der Waals surface area contributed by atoms with Crippen molar-refractivity contribution < 1.29 is 4.79 Å². The van der Waals surface area contributed by atoms with E-state index in [2.05, 4.69) is 17.5 Å². The van der Waals surface area contributed by atoms with Crippen molar-refractivity contribution >= 4 is 6.03 Å². The van der Waals surface area contributed by atoms with Gasteiger partial charge in [-0.1, -0.05) is 29.8 Å². The molecule has 1 fully saturated rings. The van der Waals surface area contributed by atoms with Gasteiger partial charge in [-0.3, -0.25) is 0 Å². The number of piperidine rings is 1. The lowest BCUT2D eigenvalue weighted by molar-refractivity contribution is 0.176.